The molecular formula is C7H16CaClO2-. The van der Waals surface area contributed by atoms with E-state index in [2.05, 4.69) is 0 Å². The molecule has 0 aliphatic rings. The molecule has 0 amide bonds. The average Bonchev–Trinajstić information content (AvgIpc) is 1.95. The van der Waals surface area contributed by atoms with E-state index in [1.54, 1.807) is 0 Å². The smallest absolute Gasteiger partial charge is 0.0509 e. The Morgan fingerprint density at radius 2 is 1.27 bits per heavy atom. The minimum absolute atomic E-state index is 0. The number of halogens is 1. The van der Waals surface area contributed by atoms with Crippen molar-refractivity contribution >= 4 is 37.7 Å². The molecule has 0 atom stereocenters. The van der Waals surface area contributed by atoms with Gasteiger partial charge in [-0.1, -0.05) is 13.8 Å². The van der Waals surface area contributed by atoms with E-state index in [9.17, 15) is 0 Å². The number of aliphatic hydroxyl groups excluding tert-OH is 2. The molecule has 11 heavy (non-hydrogen) atoms. The first-order chi connectivity index (χ1) is 4.24. The third-order valence-electron chi connectivity index (χ3n) is 2.17. The summed E-state index contributed by atoms with van der Waals surface area (Å²) in [6, 6.07) is 0. The Morgan fingerprint density at radius 3 is 1.27 bits per heavy atom. The fourth-order valence-electron chi connectivity index (χ4n) is 0.747. The van der Waals surface area contributed by atoms with E-state index in [-0.39, 0.29) is 68.8 Å². The van der Waals surface area contributed by atoms with Crippen LogP contribution in [0, 0.1) is 5.41 Å². The van der Waals surface area contributed by atoms with Gasteiger partial charge in [-0.25, -0.2) is 0 Å². The quantitative estimate of drug-likeness (QED) is 0.497. The van der Waals surface area contributed by atoms with Crippen molar-refractivity contribution in [2.45, 2.75) is 26.7 Å². The first-order valence-corrected chi connectivity index (χ1v) is 3.46. The first kappa shape index (κ1) is 18.3. The zero-order chi connectivity index (χ0) is 7.33. The van der Waals surface area contributed by atoms with Gasteiger partial charge in [0.1, 0.15) is 0 Å². The van der Waals surface area contributed by atoms with Crippen LogP contribution in [0.3, 0.4) is 0 Å². The van der Waals surface area contributed by atoms with Crippen LogP contribution in [0.1, 0.15) is 26.7 Å². The SMILES string of the molecule is CCC(CC)(CO)CO.[Ca].[Cl-]. The van der Waals surface area contributed by atoms with Gasteiger partial charge in [0.2, 0.25) is 0 Å². The summed E-state index contributed by atoms with van der Waals surface area (Å²) in [5.41, 5.74) is -0.222. The van der Waals surface area contributed by atoms with Crippen LogP contribution in [0.5, 0.6) is 0 Å². The number of aliphatic hydroxyl groups is 2. The van der Waals surface area contributed by atoms with E-state index in [1.165, 1.54) is 0 Å². The van der Waals surface area contributed by atoms with Gasteiger partial charge in [-0.05, 0) is 12.8 Å². The van der Waals surface area contributed by atoms with Crippen LogP contribution in [0.4, 0.5) is 0 Å². The predicted octanol–water partition coefficient (Wildman–Crippen LogP) is -2.60. The molecule has 0 aliphatic heterocycles. The standard InChI is InChI=1S/C7H16O2.Ca.ClH/c1-3-7(4-2,5-8)6-9;;/h8-9H,3-6H2,1-2H3;;1H/p-1. The normalized spacial score (nSPS) is 9.82. The Morgan fingerprint density at radius 1 is 1.00 bits per heavy atom. The van der Waals surface area contributed by atoms with Crippen LogP contribution < -0.4 is 12.4 Å². The van der Waals surface area contributed by atoms with Crippen molar-refractivity contribution in [2.75, 3.05) is 13.2 Å². The minimum atomic E-state index is -0.222. The molecule has 2 nitrogen and oxygen atoms in total. The van der Waals surface area contributed by atoms with Crippen LogP contribution in [0.2, 0.25) is 0 Å². The van der Waals surface area contributed by atoms with Gasteiger partial charge >= 0.3 is 0 Å². The maximum absolute atomic E-state index is 8.82. The van der Waals surface area contributed by atoms with Gasteiger partial charge in [0.15, 0.2) is 0 Å². The van der Waals surface area contributed by atoms with E-state index in [0.717, 1.165) is 12.8 Å². The molecule has 0 heterocycles. The predicted molar refractivity (Wildman–Crippen MR) is 42.9 cm³/mol. The summed E-state index contributed by atoms with van der Waals surface area (Å²) in [6.45, 7) is 4.15. The second-order valence-corrected chi connectivity index (χ2v) is 2.52. The molecule has 2 radical (unpaired) electrons. The molecule has 66 valence electrons. The van der Waals surface area contributed by atoms with Crippen LogP contribution >= 0.6 is 0 Å². The minimum Gasteiger partial charge on any atom is -1.00 e. The molecule has 0 fully saturated rings. The van der Waals surface area contributed by atoms with Crippen LogP contribution in [0.15, 0.2) is 0 Å². The fraction of sp³-hybridized carbons (Fsp3) is 1.00. The Bertz CT molecular complexity index is 59.3. The molecule has 0 bridgehead atoms. The summed E-state index contributed by atoms with van der Waals surface area (Å²) < 4.78 is 0. The second-order valence-electron chi connectivity index (χ2n) is 2.52. The average molecular weight is 208 g/mol. The number of hydrogen-bond acceptors (Lipinski definition) is 2. The zero-order valence-corrected chi connectivity index (χ0v) is 10.3. The van der Waals surface area contributed by atoms with Crippen LogP contribution in [-0.4, -0.2) is 61.2 Å². The van der Waals surface area contributed by atoms with E-state index in [4.69, 9.17) is 10.2 Å². The second kappa shape index (κ2) is 9.56. The Hall–Kier alpha value is 1.47. The van der Waals surface area contributed by atoms with Gasteiger partial charge in [0.05, 0.1) is 13.2 Å². The molecule has 0 saturated carbocycles. The van der Waals surface area contributed by atoms with Crippen molar-refractivity contribution in [2.24, 2.45) is 5.41 Å². The molecule has 0 rings (SSSR count). The van der Waals surface area contributed by atoms with Gasteiger partial charge in [-0.3, -0.25) is 0 Å². The third-order valence-corrected chi connectivity index (χ3v) is 2.17. The first-order valence-electron chi connectivity index (χ1n) is 3.46. The molecule has 0 aromatic carbocycles. The summed E-state index contributed by atoms with van der Waals surface area (Å²) in [6.07, 6.45) is 1.69. The Kier molecular flexibility index (Phi) is 15.9. The van der Waals surface area contributed by atoms with Crippen molar-refractivity contribution in [1.82, 2.24) is 0 Å². The van der Waals surface area contributed by atoms with Gasteiger partial charge in [0, 0.05) is 43.2 Å². The molecule has 0 unspecified atom stereocenters. The summed E-state index contributed by atoms with van der Waals surface area (Å²) in [5, 5.41) is 17.6. The van der Waals surface area contributed by atoms with E-state index in [1.807, 2.05) is 13.8 Å². The molecule has 0 aliphatic carbocycles. The van der Waals surface area contributed by atoms with Crippen molar-refractivity contribution in [3.63, 3.8) is 0 Å². The largest absolute Gasteiger partial charge is 1.00 e. The van der Waals surface area contributed by atoms with E-state index >= 15 is 0 Å². The number of hydrogen-bond donors (Lipinski definition) is 2. The molecule has 0 saturated heterocycles. The van der Waals surface area contributed by atoms with Crippen molar-refractivity contribution in [3.05, 3.63) is 0 Å². The third kappa shape index (κ3) is 5.67. The summed E-state index contributed by atoms with van der Waals surface area (Å²) in [7, 11) is 0. The van der Waals surface area contributed by atoms with Crippen LogP contribution in [0.25, 0.3) is 0 Å². The molecular weight excluding hydrogens is 192 g/mol. The number of rotatable bonds is 4. The van der Waals surface area contributed by atoms with E-state index < -0.39 is 0 Å². The van der Waals surface area contributed by atoms with E-state index in [0.29, 0.717) is 0 Å². The summed E-state index contributed by atoms with van der Waals surface area (Å²) in [5.74, 6) is 0. The summed E-state index contributed by atoms with van der Waals surface area (Å²) in [4.78, 5) is 0. The molecule has 2 N–H and O–H groups in total. The topological polar surface area (TPSA) is 40.5 Å². The summed E-state index contributed by atoms with van der Waals surface area (Å²) >= 11 is 0. The monoisotopic (exact) mass is 207 g/mol. The van der Waals surface area contributed by atoms with Gasteiger partial charge < -0.3 is 22.6 Å². The van der Waals surface area contributed by atoms with Gasteiger partial charge in [0.25, 0.3) is 0 Å². The van der Waals surface area contributed by atoms with Crippen molar-refractivity contribution in [1.29, 1.82) is 0 Å². The van der Waals surface area contributed by atoms with Gasteiger partial charge in [-0.15, -0.1) is 0 Å². The molecule has 0 aromatic rings. The van der Waals surface area contributed by atoms with Crippen molar-refractivity contribution in [3.8, 4) is 0 Å². The molecule has 0 aromatic heterocycles. The maximum atomic E-state index is 8.82. The molecule has 4 heteroatoms. The Balaban J connectivity index is -0.000000320. The van der Waals surface area contributed by atoms with Gasteiger partial charge in [-0.2, -0.15) is 0 Å². The van der Waals surface area contributed by atoms with Crippen LogP contribution in [-0.2, 0) is 0 Å². The fourth-order valence-corrected chi connectivity index (χ4v) is 0.747. The van der Waals surface area contributed by atoms with Crippen molar-refractivity contribution < 1.29 is 22.6 Å². The maximum Gasteiger partial charge on any atom is 0.0509 e. The molecule has 0 spiro atoms. The zero-order valence-electron chi connectivity index (χ0n) is 7.31. The Labute approximate surface area is 105 Å².